The summed E-state index contributed by atoms with van der Waals surface area (Å²) in [6.45, 7) is 2.12. The number of anilines is 1. The van der Waals surface area contributed by atoms with Gasteiger partial charge >= 0.3 is 6.18 Å². The number of hydrogen-bond acceptors (Lipinski definition) is 5. The number of benzene rings is 1. The Labute approximate surface area is 166 Å². The first-order valence-corrected chi connectivity index (χ1v) is 9.54. The van der Waals surface area contributed by atoms with Crippen LogP contribution in [-0.2, 0) is 6.18 Å². The van der Waals surface area contributed by atoms with Gasteiger partial charge in [0.05, 0.1) is 17.2 Å². The van der Waals surface area contributed by atoms with Crippen molar-refractivity contribution in [2.24, 2.45) is 0 Å². The molecule has 3 aromatic heterocycles. The molecule has 6 nitrogen and oxygen atoms in total. The third-order valence-corrected chi connectivity index (χ3v) is 6.04. The minimum Gasteiger partial charge on any atom is -0.443 e. The van der Waals surface area contributed by atoms with Crippen LogP contribution in [0.1, 0.15) is 28.3 Å². The van der Waals surface area contributed by atoms with Crippen LogP contribution in [0.3, 0.4) is 0 Å². The van der Waals surface area contributed by atoms with E-state index in [-0.39, 0.29) is 23.5 Å². The quantitative estimate of drug-likeness (QED) is 0.460. The van der Waals surface area contributed by atoms with Crippen LogP contribution in [0.25, 0.3) is 22.2 Å². The largest absolute Gasteiger partial charge is 0.443 e. The van der Waals surface area contributed by atoms with Crippen LogP contribution in [0.2, 0.25) is 0 Å². The van der Waals surface area contributed by atoms with Crippen molar-refractivity contribution >= 4 is 33.3 Å². The summed E-state index contributed by atoms with van der Waals surface area (Å²) >= 11 is 0.562. The third kappa shape index (κ3) is 2.82. The molecular weight excluding hydrogens is 405 g/mol. The standard InChI is InChI=1S/C19H13F3N4O2S/c1-10-8-25(16-5-4-15(29-16)19(20,21)22)18(27)17-12(7-24-26(10)17)11-2-3-14-13(6-11)23-9-28-14/h2-7,9-10H,8H2,1H3/t10-/m0/s1. The van der Waals surface area contributed by atoms with Gasteiger partial charge in [0.15, 0.2) is 12.0 Å². The van der Waals surface area contributed by atoms with Crippen LogP contribution in [0.4, 0.5) is 18.2 Å². The summed E-state index contributed by atoms with van der Waals surface area (Å²) in [5, 5.41) is 4.62. The number of amides is 1. The fourth-order valence-corrected chi connectivity index (χ4v) is 4.39. The number of hydrogen-bond donors (Lipinski definition) is 0. The van der Waals surface area contributed by atoms with E-state index < -0.39 is 11.1 Å². The SMILES string of the molecule is C[C@H]1CN(c2ccc(C(F)(F)F)s2)C(=O)c2c(-c3ccc4ocnc4c3)cnn21. The van der Waals surface area contributed by atoms with Gasteiger partial charge < -0.3 is 4.42 Å². The second-order valence-corrected chi connectivity index (χ2v) is 7.85. The Morgan fingerprint density at radius 3 is 2.83 bits per heavy atom. The maximum atomic E-state index is 13.2. The van der Waals surface area contributed by atoms with Crippen molar-refractivity contribution in [2.45, 2.75) is 19.1 Å². The molecular formula is C19H13F3N4O2S. The summed E-state index contributed by atoms with van der Waals surface area (Å²) < 4.78 is 45.9. The smallest absolute Gasteiger partial charge is 0.425 e. The molecule has 1 aliphatic heterocycles. The first-order chi connectivity index (χ1) is 13.8. The molecule has 4 aromatic rings. The van der Waals surface area contributed by atoms with Crippen LogP contribution in [-0.4, -0.2) is 27.2 Å². The molecule has 0 aliphatic carbocycles. The third-order valence-electron chi connectivity index (χ3n) is 4.89. The molecule has 1 aliphatic rings. The molecule has 0 bridgehead atoms. The van der Waals surface area contributed by atoms with Gasteiger partial charge in [0.2, 0.25) is 0 Å². The number of thiophene rings is 1. The van der Waals surface area contributed by atoms with Gasteiger partial charge in [-0.2, -0.15) is 18.3 Å². The molecule has 0 radical (unpaired) electrons. The normalized spacial score (nSPS) is 17.2. The van der Waals surface area contributed by atoms with E-state index in [4.69, 9.17) is 4.42 Å². The monoisotopic (exact) mass is 418 g/mol. The number of oxazole rings is 1. The predicted molar refractivity (Wildman–Crippen MR) is 101 cm³/mol. The van der Waals surface area contributed by atoms with Crippen molar-refractivity contribution in [2.75, 3.05) is 11.4 Å². The maximum absolute atomic E-state index is 13.2. The van der Waals surface area contributed by atoms with Crippen LogP contribution < -0.4 is 4.90 Å². The summed E-state index contributed by atoms with van der Waals surface area (Å²) in [5.41, 5.74) is 2.94. The lowest BCUT2D eigenvalue weighted by molar-refractivity contribution is -0.134. The van der Waals surface area contributed by atoms with E-state index in [0.717, 1.165) is 11.6 Å². The van der Waals surface area contributed by atoms with Gasteiger partial charge in [-0.05, 0) is 36.8 Å². The van der Waals surface area contributed by atoms with Crippen molar-refractivity contribution < 1.29 is 22.4 Å². The van der Waals surface area contributed by atoms with Gasteiger partial charge in [-0.3, -0.25) is 14.4 Å². The van der Waals surface area contributed by atoms with Crippen molar-refractivity contribution in [1.82, 2.24) is 14.8 Å². The van der Waals surface area contributed by atoms with Crippen LogP contribution in [0.15, 0.2) is 47.3 Å². The number of alkyl halides is 3. The fourth-order valence-electron chi connectivity index (χ4n) is 3.51. The number of nitrogens with zero attached hydrogens (tertiary/aromatic N) is 4. The fraction of sp³-hybridized carbons (Fsp3) is 0.211. The zero-order valence-corrected chi connectivity index (χ0v) is 15.8. The zero-order chi connectivity index (χ0) is 20.3. The number of halogens is 3. The Kier molecular flexibility index (Phi) is 3.82. The van der Waals surface area contributed by atoms with Crippen molar-refractivity contribution in [3.63, 3.8) is 0 Å². The van der Waals surface area contributed by atoms with E-state index >= 15 is 0 Å². The van der Waals surface area contributed by atoms with E-state index in [0.29, 0.717) is 33.7 Å². The van der Waals surface area contributed by atoms with Gasteiger partial charge in [-0.1, -0.05) is 6.07 Å². The van der Waals surface area contributed by atoms with Crippen molar-refractivity contribution in [3.8, 4) is 11.1 Å². The van der Waals surface area contributed by atoms with Gasteiger partial charge in [0, 0.05) is 12.1 Å². The molecule has 4 heterocycles. The molecule has 0 fully saturated rings. The highest BCUT2D eigenvalue weighted by Gasteiger charge is 2.37. The van der Waals surface area contributed by atoms with Crippen molar-refractivity contribution in [3.05, 3.63) is 53.5 Å². The molecule has 1 amide bonds. The molecule has 5 rings (SSSR count). The molecule has 0 saturated heterocycles. The minimum atomic E-state index is -4.44. The second kappa shape index (κ2) is 6.18. The summed E-state index contributed by atoms with van der Waals surface area (Å²) in [6, 6.07) is 7.50. The Bertz CT molecular complexity index is 1240. The highest BCUT2D eigenvalue weighted by molar-refractivity contribution is 7.16. The van der Waals surface area contributed by atoms with E-state index in [1.807, 2.05) is 6.92 Å². The number of rotatable bonds is 2. The molecule has 148 valence electrons. The summed E-state index contributed by atoms with van der Waals surface area (Å²) in [4.78, 5) is 18.0. The first-order valence-electron chi connectivity index (χ1n) is 8.73. The lowest BCUT2D eigenvalue weighted by Gasteiger charge is -2.31. The Morgan fingerprint density at radius 2 is 2.07 bits per heavy atom. The maximum Gasteiger partial charge on any atom is 0.425 e. The molecule has 0 unspecified atom stereocenters. The highest BCUT2D eigenvalue weighted by Crippen LogP contribution is 2.40. The average molecular weight is 418 g/mol. The van der Waals surface area contributed by atoms with Gasteiger partial charge in [0.1, 0.15) is 16.1 Å². The van der Waals surface area contributed by atoms with Crippen LogP contribution in [0, 0.1) is 0 Å². The molecule has 0 saturated carbocycles. The zero-order valence-electron chi connectivity index (χ0n) is 15.0. The summed E-state index contributed by atoms with van der Waals surface area (Å²) in [6.07, 6.45) is -1.50. The minimum absolute atomic E-state index is 0.191. The number of aromatic nitrogens is 3. The first kappa shape index (κ1) is 17.9. The molecule has 10 heteroatoms. The number of carbonyl (C=O) groups excluding carboxylic acids is 1. The van der Waals surface area contributed by atoms with Crippen molar-refractivity contribution in [1.29, 1.82) is 0 Å². The van der Waals surface area contributed by atoms with Gasteiger partial charge in [-0.15, -0.1) is 11.3 Å². The number of carbonyl (C=O) groups is 1. The van der Waals surface area contributed by atoms with Gasteiger partial charge in [-0.25, -0.2) is 4.98 Å². The Balaban J connectivity index is 1.58. The Morgan fingerprint density at radius 1 is 1.24 bits per heavy atom. The molecule has 1 aromatic carbocycles. The highest BCUT2D eigenvalue weighted by atomic mass is 32.1. The van der Waals surface area contributed by atoms with E-state index in [1.165, 1.54) is 17.4 Å². The summed E-state index contributed by atoms with van der Waals surface area (Å²) in [5.74, 6) is -0.383. The number of fused-ring (bicyclic) bond motifs is 2. The van der Waals surface area contributed by atoms with Crippen LogP contribution in [0.5, 0.6) is 0 Å². The topological polar surface area (TPSA) is 64.2 Å². The summed E-state index contributed by atoms with van der Waals surface area (Å²) in [7, 11) is 0. The Hall–Kier alpha value is -3.14. The van der Waals surface area contributed by atoms with E-state index in [1.54, 1.807) is 29.1 Å². The lowest BCUT2D eigenvalue weighted by atomic mass is 10.0. The molecule has 0 spiro atoms. The van der Waals surface area contributed by atoms with E-state index in [2.05, 4.69) is 10.1 Å². The second-order valence-electron chi connectivity index (χ2n) is 6.79. The van der Waals surface area contributed by atoms with Crippen LogP contribution >= 0.6 is 11.3 Å². The molecule has 29 heavy (non-hydrogen) atoms. The van der Waals surface area contributed by atoms with E-state index in [9.17, 15) is 18.0 Å². The molecule has 0 N–H and O–H groups in total. The lowest BCUT2D eigenvalue weighted by Crippen LogP contribution is -2.42. The average Bonchev–Trinajstić information content (AvgIpc) is 3.42. The van der Waals surface area contributed by atoms with Gasteiger partial charge in [0.25, 0.3) is 5.91 Å². The molecule has 1 atom stereocenters. The predicted octanol–water partition coefficient (Wildman–Crippen LogP) is 4.99.